The van der Waals surface area contributed by atoms with Crippen LogP contribution in [0.4, 0.5) is 0 Å². The molecule has 0 atom stereocenters. The number of nitrogens with two attached hydrogens (primary N) is 1. The summed E-state index contributed by atoms with van der Waals surface area (Å²) in [5.74, 6) is -0.721. The van der Waals surface area contributed by atoms with E-state index in [1.54, 1.807) is 0 Å². The first-order valence-electron chi connectivity index (χ1n) is 4.65. The number of aromatic hydroxyl groups is 3. The lowest BCUT2D eigenvalue weighted by molar-refractivity contribution is 0.0188. The van der Waals surface area contributed by atoms with Crippen LogP contribution >= 0.6 is 0 Å². The van der Waals surface area contributed by atoms with Gasteiger partial charge in [-0.25, -0.2) is 0 Å². The maximum atomic E-state index is 9.58. The maximum absolute atomic E-state index is 9.58. The van der Waals surface area contributed by atoms with Gasteiger partial charge >= 0.3 is 0 Å². The number of aliphatic hydroxyl groups excluding tert-OH is 1. The molecule has 0 radical (unpaired) electrons. The van der Waals surface area contributed by atoms with E-state index in [9.17, 15) is 15.3 Å². The first kappa shape index (κ1) is 10.1. The average molecular weight is 211 g/mol. The van der Waals surface area contributed by atoms with Gasteiger partial charge in [-0.1, -0.05) is 0 Å². The first-order valence-corrected chi connectivity index (χ1v) is 4.65. The Morgan fingerprint density at radius 3 is 2.00 bits per heavy atom. The third-order valence-electron chi connectivity index (χ3n) is 2.78. The molecular formula is C10H13NO4. The highest BCUT2D eigenvalue weighted by Gasteiger charge is 2.44. The van der Waals surface area contributed by atoms with Gasteiger partial charge in [-0.3, -0.25) is 0 Å². The fourth-order valence-corrected chi connectivity index (χ4v) is 2.09. The summed E-state index contributed by atoms with van der Waals surface area (Å²) in [5.41, 5.74) is 5.19. The molecule has 2 rings (SSSR count). The van der Waals surface area contributed by atoms with Crippen molar-refractivity contribution >= 4 is 0 Å². The number of benzene rings is 1. The zero-order valence-corrected chi connectivity index (χ0v) is 8.01. The molecule has 1 aromatic carbocycles. The molecule has 1 saturated carbocycles. The Morgan fingerprint density at radius 1 is 1.13 bits per heavy atom. The lowest BCUT2D eigenvalue weighted by atomic mass is 9.70. The zero-order chi connectivity index (χ0) is 11.2. The summed E-state index contributed by atoms with van der Waals surface area (Å²) < 4.78 is 0. The molecule has 1 aliphatic rings. The first-order chi connectivity index (χ1) is 6.92. The Hall–Kier alpha value is -1.46. The summed E-state index contributed by atoms with van der Waals surface area (Å²) in [6.07, 6.45) is 0.0836. The molecule has 82 valence electrons. The van der Waals surface area contributed by atoms with Crippen molar-refractivity contribution < 1.29 is 20.4 Å². The van der Waals surface area contributed by atoms with Crippen molar-refractivity contribution in [2.75, 3.05) is 0 Å². The van der Waals surface area contributed by atoms with Gasteiger partial charge in [-0.15, -0.1) is 0 Å². The van der Waals surface area contributed by atoms with Gasteiger partial charge in [0.25, 0.3) is 0 Å². The Balaban J connectivity index is 2.45. The van der Waals surface area contributed by atoms with Crippen molar-refractivity contribution in [3.63, 3.8) is 0 Å². The minimum absolute atomic E-state index is 0.186. The molecule has 0 unspecified atom stereocenters. The number of phenolic OH excluding ortho intramolecular Hbond substituents is 3. The summed E-state index contributed by atoms with van der Waals surface area (Å²) in [6, 6.07) is 2.24. The monoisotopic (exact) mass is 211 g/mol. The van der Waals surface area contributed by atoms with Crippen LogP contribution in [0, 0.1) is 0 Å². The van der Waals surface area contributed by atoms with Crippen LogP contribution < -0.4 is 5.73 Å². The minimum atomic E-state index is -0.902. The number of aliphatic hydroxyl groups is 1. The maximum Gasteiger partial charge on any atom is 0.128 e. The van der Waals surface area contributed by atoms with E-state index in [1.165, 1.54) is 0 Å². The van der Waals surface area contributed by atoms with Gasteiger partial charge in [0.2, 0.25) is 0 Å². The van der Waals surface area contributed by atoms with Gasteiger partial charge < -0.3 is 26.2 Å². The molecule has 1 aromatic rings. The quantitative estimate of drug-likeness (QED) is 0.453. The second kappa shape index (κ2) is 3.01. The van der Waals surface area contributed by atoms with E-state index in [2.05, 4.69) is 0 Å². The SMILES string of the molecule is NC1(c2c(O)cc(O)cc2O)CC(O)C1. The van der Waals surface area contributed by atoms with E-state index in [4.69, 9.17) is 10.8 Å². The third kappa shape index (κ3) is 1.49. The molecule has 1 fully saturated rings. The molecule has 0 aliphatic heterocycles. The van der Waals surface area contributed by atoms with Gasteiger partial charge in [-0.05, 0) is 12.8 Å². The summed E-state index contributed by atoms with van der Waals surface area (Å²) in [6.45, 7) is 0. The summed E-state index contributed by atoms with van der Waals surface area (Å²) >= 11 is 0. The predicted molar refractivity (Wildman–Crippen MR) is 52.5 cm³/mol. The van der Waals surface area contributed by atoms with Crippen LogP contribution in [0.15, 0.2) is 12.1 Å². The van der Waals surface area contributed by atoms with Crippen molar-refractivity contribution in [1.82, 2.24) is 0 Å². The van der Waals surface area contributed by atoms with Gasteiger partial charge in [0.05, 0.1) is 17.2 Å². The van der Waals surface area contributed by atoms with E-state index >= 15 is 0 Å². The van der Waals surface area contributed by atoms with Crippen molar-refractivity contribution in [3.05, 3.63) is 17.7 Å². The lowest BCUT2D eigenvalue weighted by Crippen LogP contribution is -2.51. The van der Waals surface area contributed by atoms with Gasteiger partial charge in [0, 0.05) is 12.1 Å². The van der Waals surface area contributed by atoms with Gasteiger partial charge in [-0.2, -0.15) is 0 Å². The van der Waals surface area contributed by atoms with E-state index in [0.29, 0.717) is 12.8 Å². The Bertz CT molecular complexity index is 375. The highest BCUT2D eigenvalue weighted by molar-refractivity contribution is 5.53. The standard InChI is InChI=1S/C10H13NO4/c11-10(3-6(13)4-10)9-7(14)1-5(12)2-8(9)15/h1-2,6,12-15H,3-4,11H2. The normalized spacial score (nSPS) is 29.9. The Kier molecular flexibility index (Phi) is 2.02. The van der Waals surface area contributed by atoms with Crippen LogP contribution in [0.2, 0.25) is 0 Å². The van der Waals surface area contributed by atoms with E-state index in [1.807, 2.05) is 0 Å². The molecule has 15 heavy (non-hydrogen) atoms. The average Bonchev–Trinajstić information content (AvgIpc) is 1.98. The summed E-state index contributed by atoms with van der Waals surface area (Å²) in [7, 11) is 0. The number of phenols is 3. The third-order valence-corrected chi connectivity index (χ3v) is 2.78. The highest BCUT2D eigenvalue weighted by atomic mass is 16.3. The molecule has 5 heteroatoms. The second-order valence-corrected chi connectivity index (χ2v) is 4.08. The number of rotatable bonds is 1. The topological polar surface area (TPSA) is 107 Å². The molecule has 0 saturated heterocycles. The van der Waals surface area contributed by atoms with Crippen LogP contribution in [0.3, 0.4) is 0 Å². The van der Waals surface area contributed by atoms with Crippen LogP contribution in [-0.2, 0) is 5.54 Å². The van der Waals surface area contributed by atoms with E-state index < -0.39 is 11.6 Å². The van der Waals surface area contributed by atoms with Crippen LogP contribution in [0.25, 0.3) is 0 Å². The molecule has 0 amide bonds. The summed E-state index contributed by atoms with van der Waals surface area (Å²) in [4.78, 5) is 0. The molecule has 0 bridgehead atoms. The predicted octanol–water partition coefficient (Wildman–Crippen LogP) is 0.112. The molecular weight excluding hydrogens is 198 g/mol. The van der Waals surface area contributed by atoms with Crippen molar-refractivity contribution in [3.8, 4) is 17.2 Å². The molecule has 5 nitrogen and oxygen atoms in total. The summed E-state index contributed by atoms with van der Waals surface area (Å²) in [5, 5.41) is 37.5. The highest BCUT2D eigenvalue weighted by Crippen LogP contribution is 2.47. The fraction of sp³-hybridized carbons (Fsp3) is 0.400. The number of hydrogen-bond donors (Lipinski definition) is 5. The second-order valence-electron chi connectivity index (χ2n) is 4.08. The molecule has 6 N–H and O–H groups in total. The van der Waals surface area contributed by atoms with Crippen LogP contribution in [0.1, 0.15) is 18.4 Å². The lowest BCUT2D eigenvalue weighted by Gasteiger charge is -2.42. The Morgan fingerprint density at radius 2 is 1.60 bits per heavy atom. The largest absolute Gasteiger partial charge is 0.508 e. The molecule has 0 spiro atoms. The van der Waals surface area contributed by atoms with Gasteiger partial charge in [0.15, 0.2) is 0 Å². The Labute approximate surface area is 86.4 Å². The van der Waals surface area contributed by atoms with E-state index in [-0.39, 0.29) is 22.8 Å². The number of hydrogen-bond acceptors (Lipinski definition) is 5. The van der Waals surface area contributed by atoms with Crippen molar-refractivity contribution in [2.45, 2.75) is 24.5 Å². The molecule has 1 aliphatic carbocycles. The van der Waals surface area contributed by atoms with Crippen molar-refractivity contribution in [1.29, 1.82) is 0 Å². The fourth-order valence-electron chi connectivity index (χ4n) is 2.09. The van der Waals surface area contributed by atoms with Crippen molar-refractivity contribution in [2.24, 2.45) is 5.73 Å². The smallest absolute Gasteiger partial charge is 0.128 e. The zero-order valence-electron chi connectivity index (χ0n) is 8.01. The van der Waals surface area contributed by atoms with Gasteiger partial charge in [0.1, 0.15) is 17.2 Å². The van der Waals surface area contributed by atoms with Crippen LogP contribution in [0.5, 0.6) is 17.2 Å². The molecule has 0 aromatic heterocycles. The minimum Gasteiger partial charge on any atom is -0.508 e. The molecule has 0 heterocycles. The van der Waals surface area contributed by atoms with Crippen LogP contribution in [-0.4, -0.2) is 26.5 Å². The van der Waals surface area contributed by atoms with E-state index in [0.717, 1.165) is 12.1 Å².